The van der Waals surface area contributed by atoms with Crippen LogP contribution in [0.3, 0.4) is 0 Å². The van der Waals surface area contributed by atoms with Crippen molar-refractivity contribution in [2.24, 2.45) is 50.2 Å². The molecule has 0 aromatic heterocycles. The van der Waals surface area contributed by atoms with Gasteiger partial charge in [-0.05, 0) is 93.3 Å². The highest BCUT2D eigenvalue weighted by molar-refractivity contribution is 5.84. The maximum atomic E-state index is 13.4. The molecular weight excluding hydrogens is 516 g/mol. The molecule has 6 heteroatoms. The first kappa shape index (κ1) is 29.4. The van der Waals surface area contributed by atoms with Crippen molar-refractivity contribution in [3.8, 4) is 0 Å². The Bertz CT molecular complexity index is 1210. The molecule has 9 atom stereocenters. The topological polar surface area (TPSA) is 93.1 Å². The molecule has 3 unspecified atom stereocenters. The van der Waals surface area contributed by atoms with Crippen molar-refractivity contribution in [3.05, 3.63) is 23.3 Å². The van der Waals surface area contributed by atoms with Crippen LogP contribution in [0.1, 0.15) is 113 Å². The van der Waals surface area contributed by atoms with E-state index in [0.717, 1.165) is 44.1 Å². The lowest BCUT2D eigenvalue weighted by Gasteiger charge is -2.74. The summed E-state index contributed by atoms with van der Waals surface area (Å²) < 4.78 is 12.4. The number of hydrogen-bond donors (Lipinski definition) is 2. The fourth-order valence-electron chi connectivity index (χ4n) is 11.8. The molecule has 6 nitrogen and oxygen atoms in total. The van der Waals surface area contributed by atoms with Crippen LogP contribution in [-0.4, -0.2) is 40.6 Å². The van der Waals surface area contributed by atoms with Gasteiger partial charge in [0.05, 0.1) is 6.61 Å². The van der Waals surface area contributed by atoms with Crippen LogP contribution in [0.25, 0.3) is 0 Å². The van der Waals surface area contributed by atoms with E-state index in [1.807, 2.05) is 13.8 Å². The smallest absolute Gasteiger partial charge is 0.330 e. The SMILES string of the molecule is CC(C)=CC(=O)O[C@@H]1CC(C)(C)CC2C3=CCC4[C@]56CC[C@](O)(OC5)C(C)(C)C6CC[C@@]4(C)[C@]3(C)CC[C@]21C(=O)O. The summed E-state index contributed by atoms with van der Waals surface area (Å²) in [5, 5.41) is 22.4. The minimum Gasteiger partial charge on any atom is -0.481 e. The van der Waals surface area contributed by atoms with Crippen LogP contribution in [0, 0.1) is 50.2 Å². The molecule has 2 heterocycles. The standard InChI is InChI=1S/C35H52O6/c1-21(2)17-27(36)41-26-19-29(3,4)18-23-22-9-10-25-32(8,31(22,7)13-15-34(23,26)28(37)38)12-11-24-30(5,6)35(39)16-14-33(24,25)20-40-35/h9,17,23-26,39H,10-16,18-20H2,1-8H3,(H,37,38)/t23?,24?,25?,26-,31-,32-,33-,34+,35+/m1/s1. The van der Waals surface area contributed by atoms with E-state index >= 15 is 0 Å². The Labute approximate surface area is 246 Å². The van der Waals surface area contributed by atoms with Crippen LogP contribution in [0.4, 0.5) is 0 Å². The lowest BCUT2D eigenvalue weighted by Crippen LogP contribution is -2.73. The Kier molecular flexibility index (Phi) is 6.25. The van der Waals surface area contributed by atoms with Gasteiger partial charge in [-0.25, -0.2) is 4.79 Å². The summed E-state index contributed by atoms with van der Waals surface area (Å²) in [7, 11) is 0. The van der Waals surface area contributed by atoms with Gasteiger partial charge in [0.15, 0.2) is 5.79 Å². The summed E-state index contributed by atoms with van der Waals surface area (Å²) in [4.78, 5) is 26.3. The number of aliphatic carboxylic acids is 1. The fraction of sp³-hybridized carbons (Fsp3) is 0.829. The van der Waals surface area contributed by atoms with Crippen LogP contribution >= 0.6 is 0 Å². The van der Waals surface area contributed by atoms with Gasteiger partial charge >= 0.3 is 11.9 Å². The summed E-state index contributed by atoms with van der Waals surface area (Å²) >= 11 is 0. The number of carboxylic acids is 1. The molecule has 228 valence electrons. The number of carbonyl (C=O) groups excluding carboxylic acids is 1. The van der Waals surface area contributed by atoms with E-state index in [9.17, 15) is 19.8 Å². The largest absolute Gasteiger partial charge is 0.481 e. The van der Waals surface area contributed by atoms with E-state index in [1.54, 1.807) is 0 Å². The quantitative estimate of drug-likeness (QED) is 0.215. The van der Waals surface area contributed by atoms with E-state index in [1.165, 1.54) is 11.6 Å². The molecule has 2 N–H and O–H groups in total. The summed E-state index contributed by atoms with van der Waals surface area (Å²) in [6.45, 7) is 18.1. The zero-order valence-corrected chi connectivity index (χ0v) is 26.6. The molecule has 0 radical (unpaired) electrons. The lowest BCUT2D eigenvalue weighted by molar-refractivity contribution is -0.395. The van der Waals surface area contributed by atoms with E-state index in [2.05, 4.69) is 47.6 Å². The summed E-state index contributed by atoms with van der Waals surface area (Å²) in [5.41, 5.74) is 0.486. The molecule has 2 saturated heterocycles. The molecule has 4 saturated carbocycles. The number of esters is 1. The third-order valence-corrected chi connectivity index (χ3v) is 14.1. The molecular formula is C35H52O6. The Morgan fingerprint density at radius 3 is 2.29 bits per heavy atom. The maximum absolute atomic E-state index is 13.4. The van der Waals surface area contributed by atoms with Crippen molar-refractivity contribution in [2.45, 2.75) is 125 Å². The normalized spacial score (nSPS) is 48.9. The van der Waals surface area contributed by atoms with Gasteiger partial charge in [0.1, 0.15) is 11.5 Å². The van der Waals surface area contributed by atoms with E-state index in [4.69, 9.17) is 9.47 Å². The zero-order valence-electron chi connectivity index (χ0n) is 26.6. The van der Waals surface area contributed by atoms with Crippen LogP contribution < -0.4 is 0 Å². The number of carbonyl (C=O) groups is 2. The number of rotatable bonds is 3. The molecule has 41 heavy (non-hydrogen) atoms. The van der Waals surface area contributed by atoms with Crippen LogP contribution in [0.2, 0.25) is 0 Å². The fourth-order valence-corrected chi connectivity index (χ4v) is 11.8. The molecule has 7 rings (SSSR count). The van der Waals surface area contributed by atoms with Crippen molar-refractivity contribution in [3.63, 3.8) is 0 Å². The lowest BCUT2D eigenvalue weighted by atomic mass is 9.32. The highest BCUT2D eigenvalue weighted by Crippen LogP contribution is 2.78. The second kappa shape index (κ2) is 8.71. The minimum absolute atomic E-state index is 0.000304. The number of fused-ring (bicyclic) bond motifs is 7. The molecule has 0 aromatic carbocycles. The second-order valence-electron chi connectivity index (χ2n) is 16.9. The summed E-state index contributed by atoms with van der Waals surface area (Å²) in [6, 6.07) is 0. The molecule has 6 fully saturated rings. The third-order valence-electron chi connectivity index (χ3n) is 14.1. The monoisotopic (exact) mass is 568 g/mol. The molecule has 0 amide bonds. The average Bonchev–Trinajstić information content (AvgIpc) is 2.84. The molecule has 1 spiro atoms. The summed E-state index contributed by atoms with van der Waals surface area (Å²) in [6.07, 6.45) is 10.6. The number of hydrogen-bond acceptors (Lipinski definition) is 5. The van der Waals surface area contributed by atoms with Gasteiger partial charge in [0.25, 0.3) is 0 Å². The van der Waals surface area contributed by atoms with Crippen LogP contribution in [0.15, 0.2) is 23.3 Å². The predicted octanol–water partition coefficient (Wildman–Crippen LogP) is 7.06. The van der Waals surface area contributed by atoms with Gasteiger partial charge in [-0.15, -0.1) is 0 Å². The first-order valence-corrected chi connectivity index (χ1v) is 16.0. The molecule has 2 bridgehead atoms. The molecule has 7 aliphatic rings. The van der Waals surface area contributed by atoms with E-state index in [0.29, 0.717) is 37.7 Å². The predicted molar refractivity (Wildman–Crippen MR) is 157 cm³/mol. The highest BCUT2D eigenvalue weighted by atomic mass is 16.6. The van der Waals surface area contributed by atoms with Gasteiger partial charge in [-0.1, -0.05) is 58.8 Å². The Balaban J connectivity index is 1.44. The van der Waals surface area contributed by atoms with E-state index in [-0.39, 0.29) is 33.0 Å². The van der Waals surface area contributed by atoms with Crippen LogP contribution in [-0.2, 0) is 19.1 Å². The van der Waals surface area contributed by atoms with Crippen LogP contribution in [0.5, 0.6) is 0 Å². The molecule has 5 aliphatic carbocycles. The summed E-state index contributed by atoms with van der Waals surface area (Å²) in [5.74, 6) is -1.63. The van der Waals surface area contributed by atoms with E-state index < -0.39 is 29.2 Å². The molecule has 2 aliphatic heterocycles. The highest BCUT2D eigenvalue weighted by Gasteiger charge is 2.75. The van der Waals surface area contributed by atoms with Gasteiger partial charge in [0, 0.05) is 29.2 Å². The van der Waals surface area contributed by atoms with Gasteiger partial charge in [0.2, 0.25) is 0 Å². The minimum atomic E-state index is -1.11. The third kappa shape index (κ3) is 3.62. The Hall–Kier alpha value is -1.66. The van der Waals surface area contributed by atoms with Gasteiger partial charge in [-0.2, -0.15) is 0 Å². The number of aliphatic hydroxyl groups is 1. The van der Waals surface area contributed by atoms with Gasteiger partial charge in [-0.3, -0.25) is 4.79 Å². The van der Waals surface area contributed by atoms with Crippen molar-refractivity contribution < 1.29 is 29.3 Å². The molecule has 0 aromatic rings. The Morgan fingerprint density at radius 1 is 0.976 bits per heavy atom. The zero-order chi connectivity index (χ0) is 30.0. The van der Waals surface area contributed by atoms with Crippen molar-refractivity contribution in [1.29, 1.82) is 0 Å². The number of carboxylic acid groups (broad SMARTS) is 1. The van der Waals surface area contributed by atoms with Crippen molar-refractivity contribution >= 4 is 11.9 Å². The van der Waals surface area contributed by atoms with Crippen molar-refractivity contribution in [2.75, 3.05) is 6.61 Å². The second-order valence-corrected chi connectivity index (χ2v) is 16.9. The number of ether oxygens (including phenoxy) is 2. The van der Waals surface area contributed by atoms with Crippen molar-refractivity contribution in [1.82, 2.24) is 0 Å². The first-order chi connectivity index (χ1) is 18.9. The first-order valence-electron chi connectivity index (χ1n) is 16.0. The average molecular weight is 569 g/mol. The maximum Gasteiger partial charge on any atom is 0.330 e. The number of allylic oxidation sites excluding steroid dienone is 3. The Morgan fingerprint density at radius 2 is 1.68 bits per heavy atom. The van der Waals surface area contributed by atoms with Gasteiger partial charge < -0.3 is 19.7 Å².